The number of benzene rings is 2. The number of nitrogens with zero attached hydrogens (tertiary/aromatic N) is 2. The van der Waals surface area contributed by atoms with E-state index in [4.69, 9.17) is 23.2 Å². The lowest BCUT2D eigenvalue weighted by Gasteiger charge is -2.02. The van der Waals surface area contributed by atoms with Gasteiger partial charge in [0.25, 0.3) is 5.91 Å². The average Bonchev–Trinajstić information content (AvgIpc) is 3.11. The molecule has 28 heavy (non-hydrogen) atoms. The van der Waals surface area contributed by atoms with E-state index in [1.54, 1.807) is 24.4 Å². The Labute approximate surface area is 177 Å². The quantitative estimate of drug-likeness (QED) is 0.407. The van der Waals surface area contributed by atoms with Crippen molar-refractivity contribution in [2.45, 2.75) is 13.3 Å². The highest BCUT2D eigenvalue weighted by molar-refractivity contribution is 7.15. The molecule has 0 unspecified atom stereocenters. The molecule has 0 fully saturated rings. The molecule has 0 aliphatic carbocycles. The average molecular weight is 428 g/mol. The molecule has 3 aromatic rings. The highest BCUT2D eigenvalue weighted by Gasteiger charge is 2.12. The minimum atomic E-state index is -0.487. The van der Waals surface area contributed by atoms with E-state index in [1.165, 1.54) is 11.3 Å². The number of aromatic nitrogens is 1. The number of amides is 1. The summed E-state index contributed by atoms with van der Waals surface area (Å²) in [5, 5.41) is 13.4. The van der Waals surface area contributed by atoms with Crippen molar-refractivity contribution in [1.29, 1.82) is 5.26 Å². The zero-order chi connectivity index (χ0) is 20.1. The predicted molar refractivity (Wildman–Crippen MR) is 115 cm³/mol. The van der Waals surface area contributed by atoms with Crippen molar-refractivity contribution in [3.05, 3.63) is 85.8 Å². The van der Waals surface area contributed by atoms with E-state index < -0.39 is 5.91 Å². The van der Waals surface area contributed by atoms with Gasteiger partial charge >= 0.3 is 0 Å². The van der Waals surface area contributed by atoms with Crippen molar-refractivity contribution in [3.8, 4) is 6.07 Å². The van der Waals surface area contributed by atoms with E-state index in [0.717, 1.165) is 21.6 Å². The minimum absolute atomic E-state index is 0.0186. The largest absolute Gasteiger partial charge is 0.297 e. The highest BCUT2D eigenvalue weighted by atomic mass is 35.5. The number of thiazole rings is 1. The van der Waals surface area contributed by atoms with Gasteiger partial charge in [0.15, 0.2) is 5.13 Å². The van der Waals surface area contributed by atoms with E-state index in [9.17, 15) is 10.1 Å². The Morgan fingerprint density at radius 2 is 1.96 bits per heavy atom. The topological polar surface area (TPSA) is 65.8 Å². The maximum Gasteiger partial charge on any atom is 0.268 e. The van der Waals surface area contributed by atoms with E-state index in [-0.39, 0.29) is 5.57 Å². The van der Waals surface area contributed by atoms with Crippen LogP contribution in [0.25, 0.3) is 6.08 Å². The molecule has 0 aliphatic rings. The van der Waals surface area contributed by atoms with Gasteiger partial charge in [0.05, 0.1) is 10.0 Å². The number of hydrogen-bond donors (Lipinski definition) is 1. The van der Waals surface area contributed by atoms with Crippen LogP contribution >= 0.6 is 34.5 Å². The molecule has 0 radical (unpaired) electrons. The lowest BCUT2D eigenvalue weighted by molar-refractivity contribution is -0.112. The first kappa shape index (κ1) is 20.1. The van der Waals surface area contributed by atoms with Crippen LogP contribution in [0, 0.1) is 18.3 Å². The van der Waals surface area contributed by atoms with Crippen LogP contribution in [0.1, 0.15) is 21.6 Å². The maximum atomic E-state index is 12.4. The number of rotatable bonds is 5. The van der Waals surface area contributed by atoms with Crippen molar-refractivity contribution in [2.75, 3.05) is 5.32 Å². The van der Waals surface area contributed by atoms with Crippen LogP contribution < -0.4 is 5.32 Å². The van der Waals surface area contributed by atoms with Crippen LogP contribution in [0.5, 0.6) is 0 Å². The third-order valence-electron chi connectivity index (χ3n) is 3.89. The van der Waals surface area contributed by atoms with Gasteiger partial charge in [-0.3, -0.25) is 10.1 Å². The molecule has 0 bridgehead atoms. The Balaban J connectivity index is 1.69. The molecule has 0 spiro atoms. The molecule has 0 atom stereocenters. The van der Waals surface area contributed by atoms with Crippen LogP contribution in [0.4, 0.5) is 5.13 Å². The second-order valence-electron chi connectivity index (χ2n) is 6.09. The van der Waals surface area contributed by atoms with Crippen LogP contribution in [0.3, 0.4) is 0 Å². The molecule has 7 heteroatoms. The SMILES string of the molecule is Cc1ccc(C=C(C#N)C(=O)Nc2ncc(Cc3ccc(Cl)c(Cl)c3)s2)cc1. The summed E-state index contributed by atoms with van der Waals surface area (Å²) < 4.78 is 0. The molecule has 1 heterocycles. The van der Waals surface area contributed by atoms with Crippen LogP contribution in [0.15, 0.2) is 54.2 Å². The van der Waals surface area contributed by atoms with Gasteiger partial charge in [-0.05, 0) is 36.3 Å². The zero-order valence-electron chi connectivity index (χ0n) is 14.9. The Bertz CT molecular complexity index is 1080. The molecule has 0 aliphatic heterocycles. The number of halogens is 2. The standard InChI is InChI=1S/C21H15Cl2N3OS/c1-13-2-4-14(5-3-13)8-16(11-24)20(27)26-21-25-12-17(28-21)9-15-6-7-18(22)19(23)10-15/h2-8,10,12H,9H2,1H3,(H,25,26,27). The Morgan fingerprint density at radius 1 is 1.21 bits per heavy atom. The number of hydrogen-bond acceptors (Lipinski definition) is 4. The Hall–Kier alpha value is -2.65. The molecule has 0 saturated heterocycles. The summed E-state index contributed by atoms with van der Waals surface area (Å²) in [4.78, 5) is 17.6. The van der Waals surface area contributed by atoms with Gasteiger partial charge in [-0.25, -0.2) is 4.98 Å². The summed E-state index contributed by atoms with van der Waals surface area (Å²) in [6.45, 7) is 1.98. The molecule has 1 N–H and O–H groups in total. The third-order valence-corrected chi connectivity index (χ3v) is 5.54. The van der Waals surface area contributed by atoms with E-state index in [2.05, 4.69) is 10.3 Å². The van der Waals surface area contributed by atoms with Gasteiger partial charge in [0.1, 0.15) is 11.6 Å². The molecule has 140 valence electrons. The number of anilines is 1. The van der Waals surface area contributed by atoms with Gasteiger partial charge in [0, 0.05) is 17.5 Å². The van der Waals surface area contributed by atoms with Gasteiger partial charge in [-0.15, -0.1) is 11.3 Å². The molecular formula is C21H15Cl2N3OS. The summed E-state index contributed by atoms with van der Waals surface area (Å²) >= 11 is 13.3. The number of carbonyl (C=O) groups is 1. The van der Waals surface area contributed by atoms with Crippen molar-refractivity contribution in [3.63, 3.8) is 0 Å². The second-order valence-corrected chi connectivity index (χ2v) is 8.02. The smallest absolute Gasteiger partial charge is 0.268 e. The third kappa shape index (κ3) is 5.20. The van der Waals surface area contributed by atoms with Crippen molar-refractivity contribution < 1.29 is 4.79 Å². The van der Waals surface area contributed by atoms with Gasteiger partial charge in [-0.1, -0.05) is 59.1 Å². The molecular weight excluding hydrogens is 413 g/mol. The molecule has 3 rings (SSSR count). The first-order chi connectivity index (χ1) is 13.4. The number of carbonyl (C=O) groups excluding carboxylic acids is 1. The molecule has 0 saturated carbocycles. The van der Waals surface area contributed by atoms with E-state index in [0.29, 0.717) is 21.6 Å². The maximum absolute atomic E-state index is 12.4. The van der Waals surface area contributed by atoms with E-state index in [1.807, 2.05) is 43.3 Å². The highest BCUT2D eigenvalue weighted by Crippen LogP contribution is 2.26. The van der Waals surface area contributed by atoms with Crippen LogP contribution in [0.2, 0.25) is 10.0 Å². The number of aryl methyl sites for hydroxylation is 1. The molecule has 4 nitrogen and oxygen atoms in total. The van der Waals surface area contributed by atoms with E-state index >= 15 is 0 Å². The lowest BCUT2D eigenvalue weighted by Crippen LogP contribution is -2.13. The van der Waals surface area contributed by atoms with Crippen LogP contribution in [-0.2, 0) is 11.2 Å². The zero-order valence-corrected chi connectivity index (χ0v) is 17.2. The van der Waals surface area contributed by atoms with Gasteiger partial charge in [-0.2, -0.15) is 5.26 Å². The summed E-state index contributed by atoms with van der Waals surface area (Å²) in [5.41, 5.74) is 2.91. The Kier molecular flexibility index (Phi) is 6.48. The second kappa shape index (κ2) is 9.03. The molecule has 1 amide bonds. The molecule has 1 aromatic heterocycles. The summed E-state index contributed by atoms with van der Waals surface area (Å²) in [6.07, 6.45) is 3.87. The van der Waals surface area contributed by atoms with Crippen LogP contribution in [-0.4, -0.2) is 10.9 Å². The fraction of sp³-hybridized carbons (Fsp3) is 0.0952. The summed E-state index contributed by atoms with van der Waals surface area (Å²) in [7, 11) is 0. The first-order valence-electron chi connectivity index (χ1n) is 8.33. The minimum Gasteiger partial charge on any atom is -0.297 e. The normalized spacial score (nSPS) is 11.1. The van der Waals surface area contributed by atoms with Crippen molar-refractivity contribution in [2.24, 2.45) is 0 Å². The van der Waals surface area contributed by atoms with Crippen molar-refractivity contribution in [1.82, 2.24) is 4.98 Å². The fourth-order valence-electron chi connectivity index (χ4n) is 2.44. The lowest BCUT2D eigenvalue weighted by atomic mass is 10.1. The summed E-state index contributed by atoms with van der Waals surface area (Å²) in [5.74, 6) is -0.487. The number of nitrogens with one attached hydrogen (secondary N) is 1. The first-order valence-corrected chi connectivity index (χ1v) is 9.90. The summed E-state index contributed by atoms with van der Waals surface area (Å²) in [6, 6.07) is 15.0. The number of nitriles is 1. The fourth-order valence-corrected chi connectivity index (χ4v) is 3.60. The predicted octanol–water partition coefficient (Wildman–Crippen LogP) is 5.89. The monoisotopic (exact) mass is 427 g/mol. The van der Waals surface area contributed by atoms with Gasteiger partial charge in [0.2, 0.25) is 0 Å². The van der Waals surface area contributed by atoms with Crippen molar-refractivity contribution >= 4 is 51.7 Å². The Morgan fingerprint density at radius 3 is 2.64 bits per heavy atom. The van der Waals surface area contributed by atoms with Gasteiger partial charge < -0.3 is 0 Å². The molecule has 2 aromatic carbocycles.